The summed E-state index contributed by atoms with van der Waals surface area (Å²) in [5.41, 5.74) is 2.66. The molecule has 3 aromatic rings. The van der Waals surface area contributed by atoms with Gasteiger partial charge in [0.2, 0.25) is 11.9 Å². The Morgan fingerprint density at radius 1 is 1.24 bits per heavy atom. The molecule has 1 aromatic carbocycles. The van der Waals surface area contributed by atoms with Gasteiger partial charge in [-0.15, -0.1) is 11.3 Å². The lowest BCUT2D eigenvalue weighted by molar-refractivity contribution is -0.125. The van der Waals surface area contributed by atoms with Crippen LogP contribution in [-0.4, -0.2) is 35.5 Å². The van der Waals surface area contributed by atoms with Gasteiger partial charge in [-0.3, -0.25) is 14.6 Å². The number of H-pyrrole nitrogens is 1. The number of benzene rings is 1. The second-order valence-corrected chi connectivity index (χ2v) is 8.94. The Morgan fingerprint density at radius 3 is 2.86 bits per heavy atom. The molecule has 2 aliphatic rings. The summed E-state index contributed by atoms with van der Waals surface area (Å²) in [4.78, 5) is 35.1. The molecular formula is C22H24N4O2S. The molecule has 1 amide bonds. The van der Waals surface area contributed by atoms with E-state index in [-0.39, 0.29) is 17.4 Å². The third-order valence-electron chi connectivity index (χ3n) is 5.85. The maximum Gasteiger partial charge on any atom is 0.270 e. The number of fused-ring (bicyclic) bond motifs is 1. The third-order valence-corrected chi connectivity index (χ3v) is 6.82. The minimum atomic E-state index is -0.113. The molecule has 0 bridgehead atoms. The summed E-state index contributed by atoms with van der Waals surface area (Å²) >= 11 is 1.42. The van der Waals surface area contributed by atoms with Crippen LogP contribution in [0.15, 0.2) is 40.5 Å². The molecule has 1 aliphatic heterocycles. The molecule has 1 atom stereocenters. The SMILES string of the molecule is O=C(NCC1CC1)[C@@H]1CCCN(c2nc3c(-c4ccccc4)csc3c(=O)[nH]2)C1. The second-order valence-electron chi connectivity index (χ2n) is 8.06. The van der Waals surface area contributed by atoms with Gasteiger partial charge in [-0.2, -0.15) is 0 Å². The lowest BCUT2D eigenvalue weighted by Gasteiger charge is -2.32. The fourth-order valence-electron chi connectivity index (χ4n) is 3.98. The number of nitrogens with zero attached hydrogens (tertiary/aromatic N) is 2. The first-order valence-electron chi connectivity index (χ1n) is 10.3. The molecular weight excluding hydrogens is 384 g/mol. The topological polar surface area (TPSA) is 78.1 Å². The normalized spacial score (nSPS) is 19.4. The Hall–Kier alpha value is -2.67. The van der Waals surface area contributed by atoms with Gasteiger partial charge in [0.1, 0.15) is 4.70 Å². The largest absolute Gasteiger partial charge is 0.356 e. The smallest absolute Gasteiger partial charge is 0.270 e. The van der Waals surface area contributed by atoms with Gasteiger partial charge < -0.3 is 10.2 Å². The van der Waals surface area contributed by atoms with Crippen molar-refractivity contribution in [2.75, 3.05) is 24.5 Å². The molecule has 2 aromatic heterocycles. The standard InChI is InChI=1S/C22H24N4O2S/c27-20(23-11-14-8-9-14)16-7-4-10-26(12-16)22-24-18-17(15-5-2-1-3-6-15)13-29-19(18)21(28)25-22/h1-3,5-6,13-14,16H,4,7-12H2,(H,23,27)(H,24,25,28)/t16-/m1/s1. The molecule has 7 heteroatoms. The summed E-state index contributed by atoms with van der Waals surface area (Å²) in [6, 6.07) is 10.0. The van der Waals surface area contributed by atoms with Gasteiger partial charge in [-0.1, -0.05) is 30.3 Å². The van der Waals surface area contributed by atoms with Crippen LogP contribution in [0, 0.1) is 11.8 Å². The lowest BCUT2D eigenvalue weighted by atomic mass is 9.97. The molecule has 1 saturated carbocycles. The highest BCUT2D eigenvalue weighted by Crippen LogP contribution is 2.32. The van der Waals surface area contributed by atoms with Crippen molar-refractivity contribution in [3.8, 4) is 11.1 Å². The number of hydrogen-bond donors (Lipinski definition) is 2. The van der Waals surface area contributed by atoms with Gasteiger partial charge in [0.05, 0.1) is 11.4 Å². The van der Waals surface area contributed by atoms with Crippen LogP contribution in [0.1, 0.15) is 25.7 Å². The Bertz CT molecular complexity index is 1090. The van der Waals surface area contributed by atoms with Crippen molar-refractivity contribution >= 4 is 33.4 Å². The van der Waals surface area contributed by atoms with E-state index < -0.39 is 0 Å². The molecule has 2 fully saturated rings. The fraction of sp³-hybridized carbons (Fsp3) is 0.409. The van der Waals surface area contributed by atoms with E-state index in [1.165, 1.54) is 24.2 Å². The fourth-order valence-corrected chi connectivity index (χ4v) is 4.89. The molecule has 2 N–H and O–H groups in total. The van der Waals surface area contributed by atoms with E-state index in [1.807, 2.05) is 35.7 Å². The zero-order valence-corrected chi connectivity index (χ0v) is 17.0. The van der Waals surface area contributed by atoms with Crippen molar-refractivity contribution in [1.82, 2.24) is 15.3 Å². The van der Waals surface area contributed by atoms with Gasteiger partial charge in [-0.25, -0.2) is 4.98 Å². The summed E-state index contributed by atoms with van der Waals surface area (Å²) in [5, 5.41) is 5.09. The van der Waals surface area contributed by atoms with E-state index in [0.717, 1.165) is 42.6 Å². The van der Waals surface area contributed by atoms with Crippen LogP contribution < -0.4 is 15.8 Å². The van der Waals surface area contributed by atoms with E-state index in [0.29, 0.717) is 23.1 Å². The first kappa shape index (κ1) is 18.4. The number of amides is 1. The van der Waals surface area contributed by atoms with Crippen molar-refractivity contribution in [3.63, 3.8) is 0 Å². The zero-order chi connectivity index (χ0) is 19.8. The predicted molar refractivity (Wildman–Crippen MR) is 116 cm³/mol. The minimum Gasteiger partial charge on any atom is -0.356 e. The third kappa shape index (κ3) is 3.79. The maximum atomic E-state index is 12.7. The van der Waals surface area contributed by atoms with Crippen LogP contribution in [0.2, 0.25) is 0 Å². The molecule has 29 heavy (non-hydrogen) atoms. The monoisotopic (exact) mass is 408 g/mol. The average molecular weight is 409 g/mol. The summed E-state index contributed by atoms with van der Waals surface area (Å²) in [6.45, 7) is 2.19. The van der Waals surface area contributed by atoms with E-state index in [9.17, 15) is 9.59 Å². The summed E-state index contributed by atoms with van der Waals surface area (Å²) in [7, 11) is 0. The number of thiophene rings is 1. The molecule has 1 saturated heterocycles. The maximum absolute atomic E-state index is 12.7. The number of carbonyl (C=O) groups excluding carboxylic acids is 1. The Labute approximate surface area is 173 Å². The Kier molecular flexibility index (Phi) is 4.83. The van der Waals surface area contributed by atoms with Crippen molar-refractivity contribution < 1.29 is 4.79 Å². The highest BCUT2D eigenvalue weighted by molar-refractivity contribution is 7.17. The van der Waals surface area contributed by atoms with Crippen LogP contribution >= 0.6 is 11.3 Å². The number of hydrogen-bond acceptors (Lipinski definition) is 5. The van der Waals surface area contributed by atoms with Crippen molar-refractivity contribution in [2.45, 2.75) is 25.7 Å². The van der Waals surface area contributed by atoms with Crippen molar-refractivity contribution in [1.29, 1.82) is 0 Å². The van der Waals surface area contributed by atoms with Crippen LogP contribution in [-0.2, 0) is 4.79 Å². The van der Waals surface area contributed by atoms with E-state index >= 15 is 0 Å². The van der Waals surface area contributed by atoms with E-state index in [2.05, 4.69) is 15.2 Å². The predicted octanol–water partition coefficient (Wildman–Crippen LogP) is 3.39. The number of piperidine rings is 1. The molecule has 6 nitrogen and oxygen atoms in total. The zero-order valence-electron chi connectivity index (χ0n) is 16.2. The second kappa shape index (κ2) is 7.63. The molecule has 5 rings (SSSR count). The van der Waals surface area contributed by atoms with E-state index in [4.69, 9.17) is 4.98 Å². The van der Waals surface area contributed by atoms with E-state index in [1.54, 1.807) is 0 Å². The van der Waals surface area contributed by atoms with Gasteiger partial charge in [0, 0.05) is 30.6 Å². The average Bonchev–Trinajstić information content (AvgIpc) is 3.49. The first-order valence-corrected chi connectivity index (χ1v) is 11.2. The summed E-state index contributed by atoms with van der Waals surface area (Å²) in [6.07, 6.45) is 4.25. The highest BCUT2D eigenvalue weighted by atomic mass is 32.1. The highest BCUT2D eigenvalue weighted by Gasteiger charge is 2.29. The lowest BCUT2D eigenvalue weighted by Crippen LogP contribution is -2.44. The molecule has 3 heterocycles. The van der Waals surface area contributed by atoms with Crippen LogP contribution in [0.3, 0.4) is 0 Å². The number of aromatic amines is 1. The van der Waals surface area contributed by atoms with Crippen molar-refractivity contribution in [2.24, 2.45) is 11.8 Å². The molecule has 0 radical (unpaired) electrons. The van der Waals surface area contributed by atoms with Gasteiger partial charge in [-0.05, 0) is 37.2 Å². The molecule has 150 valence electrons. The number of rotatable bonds is 5. The number of aromatic nitrogens is 2. The number of carbonyl (C=O) groups is 1. The van der Waals surface area contributed by atoms with Crippen LogP contribution in [0.4, 0.5) is 5.95 Å². The Morgan fingerprint density at radius 2 is 2.07 bits per heavy atom. The summed E-state index contributed by atoms with van der Waals surface area (Å²) in [5.74, 6) is 1.32. The number of nitrogens with one attached hydrogen (secondary N) is 2. The minimum absolute atomic E-state index is 0.0560. The van der Waals surface area contributed by atoms with Gasteiger partial charge in [0.25, 0.3) is 5.56 Å². The quantitative estimate of drug-likeness (QED) is 0.678. The Balaban J connectivity index is 1.42. The summed E-state index contributed by atoms with van der Waals surface area (Å²) < 4.78 is 0.642. The molecule has 0 spiro atoms. The van der Waals surface area contributed by atoms with Crippen LogP contribution in [0.5, 0.6) is 0 Å². The van der Waals surface area contributed by atoms with Crippen molar-refractivity contribution in [3.05, 3.63) is 46.1 Å². The molecule has 1 aliphatic carbocycles. The first-order chi connectivity index (χ1) is 14.2. The van der Waals surface area contributed by atoms with Crippen LogP contribution in [0.25, 0.3) is 21.3 Å². The molecule has 0 unspecified atom stereocenters. The van der Waals surface area contributed by atoms with Gasteiger partial charge >= 0.3 is 0 Å². The number of anilines is 1. The van der Waals surface area contributed by atoms with Gasteiger partial charge in [0.15, 0.2) is 0 Å².